The van der Waals surface area contributed by atoms with Gasteiger partial charge >= 0.3 is 6.02 Å². The van der Waals surface area contributed by atoms with Gasteiger partial charge in [0.05, 0.1) is 24.7 Å². The lowest BCUT2D eigenvalue weighted by molar-refractivity contribution is 0.189. The number of aliphatic imine (C=N–C) groups is 1. The second kappa shape index (κ2) is 7.90. The number of rotatable bonds is 5. The Hall–Kier alpha value is -2.35. The van der Waals surface area contributed by atoms with Crippen molar-refractivity contribution in [2.45, 2.75) is 32.4 Å². The van der Waals surface area contributed by atoms with Gasteiger partial charge in [0.25, 0.3) is 0 Å². The first kappa shape index (κ1) is 18.4. The van der Waals surface area contributed by atoms with E-state index in [1.54, 1.807) is 17.1 Å². The van der Waals surface area contributed by atoms with E-state index in [0.717, 1.165) is 5.56 Å². The maximum atomic E-state index is 14.7. The predicted octanol–water partition coefficient (Wildman–Crippen LogP) is 3.93. The Bertz CT molecular complexity index is 797. The molecule has 0 aliphatic carbocycles. The van der Waals surface area contributed by atoms with Gasteiger partial charge in [0, 0.05) is 23.4 Å². The van der Waals surface area contributed by atoms with E-state index in [9.17, 15) is 8.87 Å². The van der Waals surface area contributed by atoms with Gasteiger partial charge in [0.15, 0.2) is 0 Å². The Balaban J connectivity index is 1.73. The number of aromatic nitrogens is 2. The molecule has 2 atom stereocenters. The van der Waals surface area contributed by atoms with Crippen molar-refractivity contribution < 1.29 is 13.6 Å². The van der Waals surface area contributed by atoms with Gasteiger partial charge in [-0.3, -0.25) is 4.68 Å². The molecule has 1 aromatic heterocycles. The molecule has 2 heterocycles. The second-order valence-corrected chi connectivity index (χ2v) is 6.51. The summed E-state index contributed by atoms with van der Waals surface area (Å²) >= 11 is 5.74. The van der Waals surface area contributed by atoms with Crippen molar-refractivity contribution in [2.24, 2.45) is 10.9 Å². The van der Waals surface area contributed by atoms with Gasteiger partial charge in [-0.15, -0.1) is 16.7 Å². The molecule has 140 valence electrons. The Labute approximate surface area is 155 Å². The average molecular weight is 384 g/mol. The highest BCUT2D eigenvalue weighted by Crippen LogP contribution is 2.27. The summed E-state index contributed by atoms with van der Waals surface area (Å²) in [6.45, 7) is 4.50. The van der Waals surface area contributed by atoms with E-state index in [1.807, 2.05) is 13.8 Å². The van der Waals surface area contributed by atoms with Crippen molar-refractivity contribution in [3.05, 3.63) is 42.0 Å². The van der Waals surface area contributed by atoms with Crippen LogP contribution in [-0.4, -0.2) is 28.5 Å². The molecule has 3 rings (SSSR count). The number of anilines is 2. The van der Waals surface area contributed by atoms with Gasteiger partial charge in [-0.1, -0.05) is 11.4 Å². The number of hydrogen-bond donors (Lipinski definition) is 1. The number of ether oxygens (including phenoxy) is 1. The molecule has 0 bridgehead atoms. The molecule has 1 aliphatic rings. The summed E-state index contributed by atoms with van der Waals surface area (Å²) in [4.78, 5) is 4.15. The Morgan fingerprint density at radius 2 is 2.23 bits per heavy atom. The number of benzene rings is 1. The molecule has 0 radical (unpaired) electrons. The van der Waals surface area contributed by atoms with Crippen LogP contribution in [0, 0.1) is 11.7 Å². The van der Waals surface area contributed by atoms with Crippen LogP contribution in [0.5, 0.6) is 0 Å². The van der Waals surface area contributed by atoms with Crippen LogP contribution < -0.4 is 10.4 Å². The van der Waals surface area contributed by atoms with Crippen LogP contribution in [0.3, 0.4) is 0 Å². The number of nitrogens with one attached hydrogen (secondary N) is 1. The van der Waals surface area contributed by atoms with Crippen molar-refractivity contribution in [3.8, 4) is 0 Å². The fraction of sp³-hybridized carbons (Fsp3) is 0.412. The van der Waals surface area contributed by atoms with E-state index in [0.29, 0.717) is 24.8 Å². The third-order valence-corrected chi connectivity index (χ3v) is 4.53. The highest BCUT2D eigenvalue weighted by atomic mass is 35.5. The first-order valence-corrected chi connectivity index (χ1v) is 8.78. The van der Waals surface area contributed by atoms with Crippen molar-refractivity contribution in [1.29, 1.82) is 0 Å². The van der Waals surface area contributed by atoms with E-state index in [-0.39, 0.29) is 28.8 Å². The Kier molecular flexibility index (Phi) is 5.61. The topological polar surface area (TPSA) is 54.7 Å². The zero-order chi connectivity index (χ0) is 18.7. The third-order valence-electron chi connectivity index (χ3n) is 4.22. The van der Waals surface area contributed by atoms with Crippen molar-refractivity contribution >= 4 is 29.0 Å². The number of amidine groups is 1. The maximum Gasteiger partial charge on any atom is 0.321 e. The largest absolute Gasteiger partial charge is 0.463 e. The lowest BCUT2D eigenvalue weighted by atomic mass is 10.1. The molecule has 26 heavy (non-hydrogen) atoms. The summed E-state index contributed by atoms with van der Waals surface area (Å²) in [6, 6.07) is 3.73. The zero-order valence-corrected chi connectivity index (χ0v) is 15.2. The average Bonchev–Trinajstić information content (AvgIpc) is 3.11. The van der Waals surface area contributed by atoms with E-state index in [2.05, 4.69) is 15.4 Å². The molecule has 6 nitrogen and oxygen atoms in total. The smallest absolute Gasteiger partial charge is 0.321 e. The van der Waals surface area contributed by atoms with Gasteiger partial charge in [0.1, 0.15) is 18.2 Å². The fourth-order valence-electron chi connectivity index (χ4n) is 2.40. The molecule has 0 unspecified atom stereocenters. The van der Waals surface area contributed by atoms with Gasteiger partial charge in [-0.05, 0) is 25.1 Å². The quantitative estimate of drug-likeness (QED) is 0.627. The van der Waals surface area contributed by atoms with Crippen molar-refractivity contribution in [3.63, 3.8) is 0 Å². The summed E-state index contributed by atoms with van der Waals surface area (Å²) in [5, 5.41) is 7.34. The van der Waals surface area contributed by atoms with Gasteiger partial charge < -0.3 is 10.1 Å². The standard InChI is InChI=1S/C17H20ClF2N5O/c1-11-9-26-17(23-12(11)2)25(20)16-5-14(3-4-15(16)19)21-10-24-8-13(6-18)7-22-24/h3-5,7-8,11-12,21H,6,9-10H2,1-2H3/t11-,12+/m0/s1. The van der Waals surface area contributed by atoms with Crippen molar-refractivity contribution in [1.82, 2.24) is 9.78 Å². The second-order valence-electron chi connectivity index (χ2n) is 6.24. The van der Waals surface area contributed by atoms with Gasteiger partial charge in [-0.2, -0.15) is 5.10 Å². The molecule has 1 aromatic carbocycles. The van der Waals surface area contributed by atoms with Crippen LogP contribution in [0.25, 0.3) is 0 Å². The minimum Gasteiger partial charge on any atom is -0.463 e. The van der Waals surface area contributed by atoms with Crippen LogP contribution in [0.15, 0.2) is 35.6 Å². The van der Waals surface area contributed by atoms with E-state index in [4.69, 9.17) is 16.3 Å². The molecule has 1 aliphatic heterocycles. The predicted molar refractivity (Wildman–Crippen MR) is 97.4 cm³/mol. The molecule has 0 spiro atoms. The van der Waals surface area contributed by atoms with Crippen LogP contribution in [0.4, 0.5) is 20.2 Å². The molecular formula is C17H20ClF2N5O. The SMILES string of the molecule is C[C@H]1COC(N(F)c2cc(NCn3cc(CCl)cn3)ccc2F)=N[C@@H]1C. The fourth-order valence-corrected chi connectivity index (χ4v) is 2.54. The van der Waals surface area contributed by atoms with Crippen LogP contribution in [0.2, 0.25) is 0 Å². The molecule has 0 saturated carbocycles. The Morgan fingerprint density at radius 1 is 1.42 bits per heavy atom. The summed E-state index contributed by atoms with van der Waals surface area (Å²) in [5.74, 6) is -0.160. The van der Waals surface area contributed by atoms with E-state index >= 15 is 0 Å². The van der Waals surface area contributed by atoms with Crippen molar-refractivity contribution in [2.75, 3.05) is 17.0 Å². The molecule has 9 heteroatoms. The molecule has 1 N–H and O–H groups in total. The summed E-state index contributed by atoms with van der Waals surface area (Å²) in [7, 11) is 0. The molecule has 2 aromatic rings. The van der Waals surface area contributed by atoms with Gasteiger partial charge in [-0.25, -0.2) is 9.38 Å². The lowest BCUT2D eigenvalue weighted by Crippen LogP contribution is -2.35. The van der Waals surface area contributed by atoms with Crippen LogP contribution >= 0.6 is 11.6 Å². The minimum absolute atomic E-state index is 0.0997. The number of nitrogens with zero attached hydrogens (tertiary/aromatic N) is 4. The molecule has 0 saturated heterocycles. The first-order chi connectivity index (χ1) is 12.5. The third kappa shape index (κ3) is 4.07. The van der Waals surface area contributed by atoms with Crippen LogP contribution in [-0.2, 0) is 17.3 Å². The maximum absolute atomic E-state index is 14.7. The van der Waals surface area contributed by atoms with E-state index in [1.165, 1.54) is 18.2 Å². The molecule has 0 amide bonds. The summed E-state index contributed by atoms with van der Waals surface area (Å²) in [6.07, 6.45) is 3.45. The lowest BCUT2D eigenvalue weighted by Gasteiger charge is -2.27. The molecule has 0 fully saturated rings. The first-order valence-electron chi connectivity index (χ1n) is 8.25. The Morgan fingerprint density at radius 3 is 2.92 bits per heavy atom. The number of halogens is 3. The molecular weight excluding hydrogens is 364 g/mol. The number of alkyl halides is 1. The highest BCUT2D eigenvalue weighted by Gasteiger charge is 2.26. The normalized spacial score (nSPS) is 19.7. The van der Waals surface area contributed by atoms with Crippen LogP contribution in [0.1, 0.15) is 19.4 Å². The number of hydrogen-bond acceptors (Lipinski definition) is 5. The monoisotopic (exact) mass is 383 g/mol. The highest BCUT2D eigenvalue weighted by molar-refractivity contribution is 6.17. The zero-order valence-electron chi connectivity index (χ0n) is 14.5. The van der Waals surface area contributed by atoms with E-state index < -0.39 is 5.82 Å². The van der Waals surface area contributed by atoms with Gasteiger partial charge in [0.2, 0.25) is 0 Å². The summed E-state index contributed by atoms with van der Waals surface area (Å²) in [5.41, 5.74) is 1.15. The summed E-state index contributed by atoms with van der Waals surface area (Å²) < 4.78 is 35.7. The minimum atomic E-state index is -0.709.